The smallest absolute Gasteiger partial charge is 0.223 e. The van der Waals surface area contributed by atoms with Crippen LogP contribution in [0.3, 0.4) is 0 Å². The van der Waals surface area contributed by atoms with Crippen molar-refractivity contribution in [3.05, 3.63) is 115 Å². The number of nitrogens with zero attached hydrogens (tertiary/aromatic N) is 7. The first-order chi connectivity index (χ1) is 29.5. The number of hydrogen-bond acceptors (Lipinski definition) is 9. The van der Waals surface area contributed by atoms with Crippen molar-refractivity contribution >= 4 is 76.1 Å². The number of nitrogens with one attached hydrogen (secondary N) is 1. The van der Waals surface area contributed by atoms with E-state index in [1.807, 2.05) is 45.2 Å². The Morgan fingerprint density at radius 1 is 0.639 bits per heavy atom. The Morgan fingerprint density at radius 2 is 1.10 bits per heavy atom. The molecule has 0 aliphatic carbocycles. The summed E-state index contributed by atoms with van der Waals surface area (Å²) in [5.41, 5.74) is 3.71. The lowest BCUT2D eigenvalue weighted by Gasteiger charge is -2.36. The van der Waals surface area contributed by atoms with Gasteiger partial charge in [-0.15, -0.1) is 0 Å². The van der Waals surface area contributed by atoms with Gasteiger partial charge < -0.3 is 24.9 Å². The summed E-state index contributed by atoms with van der Waals surface area (Å²) in [6.07, 6.45) is 6.43. The lowest BCUT2D eigenvalue weighted by Crippen LogP contribution is -2.49. The molecule has 2 aromatic carbocycles. The van der Waals surface area contributed by atoms with E-state index in [2.05, 4.69) is 58.8 Å². The van der Waals surface area contributed by atoms with E-state index >= 15 is 0 Å². The standard InChI is InChI=1S/C23H30Cl2N4O.C19H19Cl2N3O2.C4H11N/c1-3-27(4-2)17-19-6-5-11-26-23(19)29-14-12-28(13-15-29)22(30)10-8-18-7-9-20(24)16-21(18)25;20-16-5-3-14(17(21)12-16)4-6-18(26)23-8-10-24(11-9-23)19-15(13-25)2-1-7-22-19;1-3-5-4-2/h5-7,9,11,16H,3-4,8,10,12-15,17H2,1-2H3;1-3,5,7,12-13H,4,6,8-11H2;5H,3-4H2,1-2H3. The molecule has 61 heavy (non-hydrogen) atoms. The zero-order valence-corrected chi connectivity index (χ0v) is 38.9. The van der Waals surface area contributed by atoms with Crippen LogP contribution in [-0.2, 0) is 29.0 Å². The van der Waals surface area contributed by atoms with Crippen molar-refractivity contribution in [2.75, 3.05) is 88.3 Å². The van der Waals surface area contributed by atoms with E-state index in [4.69, 9.17) is 46.4 Å². The van der Waals surface area contributed by atoms with Crippen molar-refractivity contribution in [3.63, 3.8) is 0 Å². The normalized spacial score (nSPS) is 13.9. The number of pyridine rings is 2. The second kappa shape index (κ2) is 26.5. The van der Waals surface area contributed by atoms with Gasteiger partial charge in [-0.3, -0.25) is 19.3 Å². The number of amides is 2. The molecule has 1 N–H and O–H groups in total. The summed E-state index contributed by atoms with van der Waals surface area (Å²) in [7, 11) is 0. The molecule has 2 saturated heterocycles. The number of piperazine rings is 2. The number of rotatable bonds is 15. The second-order valence-electron chi connectivity index (χ2n) is 14.6. The molecule has 330 valence electrons. The van der Waals surface area contributed by atoms with Crippen LogP contribution in [-0.4, -0.2) is 121 Å². The van der Waals surface area contributed by atoms with Gasteiger partial charge in [-0.25, -0.2) is 9.97 Å². The molecule has 4 heterocycles. The Labute approximate surface area is 382 Å². The van der Waals surface area contributed by atoms with Crippen molar-refractivity contribution in [3.8, 4) is 0 Å². The number of hydrogen-bond donors (Lipinski definition) is 1. The predicted octanol–water partition coefficient (Wildman–Crippen LogP) is 8.61. The number of halogens is 4. The summed E-state index contributed by atoms with van der Waals surface area (Å²) < 4.78 is 0. The monoisotopic (exact) mass is 912 g/mol. The molecule has 0 atom stereocenters. The topological polar surface area (TPSA) is 105 Å². The molecule has 11 nitrogen and oxygen atoms in total. The summed E-state index contributed by atoms with van der Waals surface area (Å²) in [5.74, 6) is 2.00. The number of aromatic nitrogens is 2. The Morgan fingerprint density at radius 3 is 1.52 bits per heavy atom. The highest BCUT2D eigenvalue weighted by atomic mass is 35.5. The van der Waals surface area contributed by atoms with Crippen LogP contribution in [0.4, 0.5) is 11.6 Å². The van der Waals surface area contributed by atoms with Crippen LogP contribution in [0.1, 0.15) is 67.6 Å². The summed E-state index contributed by atoms with van der Waals surface area (Å²) >= 11 is 24.2. The fraction of sp³-hybridized carbons (Fsp3) is 0.457. The quantitative estimate of drug-likeness (QED) is 0.118. The van der Waals surface area contributed by atoms with Gasteiger partial charge in [-0.05, 0) is 92.6 Å². The lowest BCUT2D eigenvalue weighted by atomic mass is 10.1. The third-order valence-electron chi connectivity index (χ3n) is 10.7. The number of anilines is 2. The summed E-state index contributed by atoms with van der Waals surface area (Å²) in [6.45, 7) is 19.3. The van der Waals surface area contributed by atoms with Gasteiger partial charge in [-0.1, -0.05) is 92.3 Å². The minimum Gasteiger partial charge on any atom is -0.353 e. The van der Waals surface area contributed by atoms with E-state index in [9.17, 15) is 14.4 Å². The van der Waals surface area contributed by atoms with Gasteiger partial charge in [0, 0.05) is 110 Å². The molecule has 2 aromatic heterocycles. The number of benzene rings is 2. The average molecular weight is 915 g/mol. The van der Waals surface area contributed by atoms with Crippen molar-refractivity contribution in [2.24, 2.45) is 0 Å². The van der Waals surface area contributed by atoms with Crippen molar-refractivity contribution in [2.45, 2.75) is 59.9 Å². The molecule has 0 unspecified atom stereocenters. The zero-order chi connectivity index (χ0) is 44.1. The highest BCUT2D eigenvalue weighted by Gasteiger charge is 2.25. The molecule has 0 bridgehead atoms. The zero-order valence-electron chi connectivity index (χ0n) is 35.9. The van der Waals surface area contributed by atoms with Crippen LogP contribution >= 0.6 is 46.4 Å². The SMILES string of the molecule is CCN(CC)Cc1cccnc1N1CCN(C(=O)CCc2ccc(Cl)cc2Cl)CC1.CCNCC.O=Cc1cccnc1N1CCN(C(=O)CCc2ccc(Cl)cc2Cl)CC1. The van der Waals surface area contributed by atoms with Gasteiger partial charge in [0.2, 0.25) is 11.8 Å². The van der Waals surface area contributed by atoms with E-state index < -0.39 is 0 Å². The molecule has 15 heteroatoms. The highest BCUT2D eigenvalue weighted by Crippen LogP contribution is 2.25. The van der Waals surface area contributed by atoms with Crippen molar-refractivity contribution in [1.82, 2.24) is 30.0 Å². The molecule has 0 spiro atoms. The maximum atomic E-state index is 12.7. The van der Waals surface area contributed by atoms with Gasteiger partial charge in [0.25, 0.3) is 0 Å². The maximum Gasteiger partial charge on any atom is 0.223 e. The van der Waals surface area contributed by atoms with E-state index in [1.165, 1.54) is 5.56 Å². The number of aryl methyl sites for hydroxylation is 2. The summed E-state index contributed by atoms with van der Waals surface area (Å²) in [6, 6.07) is 18.4. The Hall–Kier alpha value is -3.97. The average Bonchev–Trinajstić information content (AvgIpc) is 3.28. The molecule has 0 saturated carbocycles. The number of carbonyl (C=O) groups is 3. The van der Waals surface area contributed by atoms with Gasteiger partial charge in [0.05, 0.1) is 5.56 Å². The molecule has 6 rings (SSSR count). The molecule has 0 radical (unpaired) electrons. The minimum absolute atomic E-state index is 0.104. The molecule has 2 fully saturated rings. The van der Waals surface area contributed by atoms with Gasteiger partial charge in [-0.2, -0.15) is 0 Å². The van der Waals surface area contributed by atoms with Crippen LogP contribution < -0.4 is 15.1 Å². The number of carbonyl (C=O) groups excluding carboxylic acids is 3. The van der Waals surface area contributed by atoms with Gasteiger partial charge >= 0.3 is 0 Å². The fourth-order valence-electron chi connectivity index (χ4n) is 7.13. The van der Waals surface area contributed by atoms with E-state index in [-0.39, 0.29) is 11.8 Å². The predicted molar refractivity (Wildman–Crippen MR) is 252 cm³/mol. The first-order valence-electron chi connectivity index (χ1n) is 21.2. The van der Waals surface area contributed by atoms with E-state index in [1.54, 1.807) is 36.5 Å². The molecular weight excluding hydrogens is 854 g/mol. The highest BCUT2D eigenvalue weighted by molar-refractivity contribution is 6.35. The van der Waals surface area contributed by atoms with Crippen molar-refractivity contribution < 1.29 is 14.4 Å². The maximum absolute atomic E-state index is 12.7. The molecule has 4 aromatic rings. The molecule has 2 aliphatic heterocycles. The van der Waals surface area contributed by atoms with E-state index in [0.29, 0.717) is 96.4 Å². The first kappa shape index (κ1) is 49.7. The van der Waals surface area contributed by atoms with Crippen LogP contribution in [0.2, 0.25) is 20.1 Å². The largest absolute Gasteiger partial charge is 0.353 e. The van der Waals surface area contributed by atoms with Gasteiger partial charge in [0.1, 0.15) is 11.6 Å². The minimum atomic E-state index is 0.104. The number of aldehydes is 1. The van der Waals surface area contributed by atoms with Crippen LogP contribution in [0.25, 0.3) is 0 Å². The van der Waals surface area contributed by atoms with E-state index in [0.717, 1.165) is 69.0 Å². The summed E-state index contributed by atoms with van der Waals surface area (Å²) in [4.78, 5) is 55.8. The Bertz CT molecular complexity index is 1980. The molecular formula is C46H60Cl4N8O3. The fourth-order valence-corrected chi connectivity index (χ4v) is 8.13. The summed E-state index contributed by atoms with van der Waals surface area (Å²) in [5, 5.41) is 5.52. The van der Waals surface area contributed by atoms with Crippen molar-refractivity contribution in [1.29, 1.82) is 0 Å². The second-order valence-corrected chi connectivity index (χ2v) is 16.3. The third-order valence-corrected chi connectivity index (χ3v) is 11.9. The Kier molecular flexibility index (Phi) is 21.6. The first-order valence-corrected chi connectivity index (χ1v) is 22.7. The van der Waals surface area contributed by atoms with Crippen LogP contribution in [0.15, 0.2) is 73.1 Å². The molecule has 2 amide bonds. The Balaban J connectivity index is 0.000000244. The van der Waals surface area contributed by atoms with Gasteiger partial charge in [0.15, 0.2) is 6.29 Å². The van der Waals surface area contributed by atoms with Crippen LogP contribution in [0.5, 0.6) is 0 Å². The lowest BCUT2D eigenvalue weighted by molar-refractivity contribution is -0.132. The van der Waals surface area contributed by atoms with Crippen LogP contribution in [0, 0.1) is 0 Å². The molecule has 2 aliphatic rings. The third kappa shape index (κ3) is 15.7.